The summed E-state index contributed by atoms with van der Waals surface area (Å²) in [5.74, 6) is -0.697. The zero-order valence-corrected chi connectivity index (χ0v) is 12.9. The Bertz CT molecular complexity index is 591. The molecule has 20 heavy (non-hydrogen) atoms. The van der Waals surface area contributed by atoms with Gasteiger partial charge in [-0.2, -0.15) is 0 Å². The lowest BCUT2D eigenvalue weighted by atomic mass is 10.1. The zero-order valence-electron chi connectivity index (χ0n) is 11.3. The van der Waals surface area contributed by atoms with Gasteiger partial charge in [-0.25, -0.2) is 0 Å². The summed E-state index contributed by atoms with van der Waals surface area (Å²) in [6.45, 7) is 2.95. The van der Waals surface area contributed by atoms with E-state index in [1.165, 1.54) is 15.3 Å². The van der Waals surface area contributed by atoms with Crippen LogP contribution in [0, 0.1) is 6.92 Å². The largest absolute Gasteiger partial charge is 0.480 e. The van der Waals surface area contributed by atoms with E-state index in [1.807, 2.05) is 6.07 Å². The first kappa shape index (κ1) is 13.8. The molecule has 1 N–H and O–H groups in total. The van der Waals surface area contributed by atoms with E-state index in [2.05, 4.69) is 34.7 Å². The molecular weight excluding hydrogens is 290 g/mol. The Labute approximate surface area is 126 Å². The van der Waals surface area contributed by atoms with Crippen LogP contribution in [0.15, 0.2) is 29.0 Å². The minimum Gasteiger partial charge on any atom is -0.480 e. The fraction of sp³-hybridized carbons (Fsp3) is 0.400. The molecule has 0 aliphatic carbocycles. The Balaban J connectivity index is 2.00. The van der Waals surface area contributed by atoms with E-state index >= 15 is 0 Å². The average Bonchev–Trinajstić information content (AvgIpc) is 3.12. The fourth-order valence-corrected chi connectivity index (χ4v) is 4.85. The Kier molecular flexibility index (Phi) is 3.92. The summed E-state index contributed by atoms with van der Waals surface area (Å²) in [5, 5.41) is 13.7. The lowest BCUT2D eigenvalue weighted by molar-refractivity contribution is -0.142. The van der Waals surface area contributed by atoms with Crippen molar-refractivity contribution in [2.45, 2.75) is 31.8 Å². The van der Waals surface area contributed by atoms with Crippen LogP contribution in [0.3, 0.4) is 0 Å². The topological polar surface area (TPSA) is 40.5 Å². The SMILES string of the molecule is Cc1csc(C(c2cccs2)N2CCCC2C(=O)O)c1. The Morgan fingerprint density at radius 2 is 2.30 bits per heavy atom. The highest BCUT2D eigenvalue weighted by Crippen LogP contribution is 2.39. The summed E-state index contributed by atoms with van der Waals surface area (Å²) >= 11 is 3.44. The van der Waals surface area contributed by atoms with Gasteiger partial charge in [0, 0.05) is 16.3 Å². The van der Waals surface area contributed by atoms with Crippen LogP contribution in [-0.2, 0) is 4.79 Å². The second-order valence-electron chi connectivity index (χ2n) is 5.18. The van der Waals surface area contributed by atoms with Crippen molar-refractivity contribution < 1.29 is 9.90 Å². The molecule has 3 heterocycles. The number of thiophene rings is 2. The van der Waals surface area contributed by atoms with Crippen LogP contribution in [0.5, 0.6) is 0 Å². The van der Waals surface area contributed by atoms with Crippen molar-refractivity contribution in [1.82, 2.24) is 4.90 Å². The van der Waals surface area contributed by atoms with Crippen molar-refractivity contribution in [3.63, 3.8) is 0 Å². The fourth-order valence-electron chi connectivity index (χ4n) is 2.87. The normalized spacial score (nSPS) is 21.1. The maximum atomic E-state index is 11.5. The van der Waals surface area contributed by atoms with Gasteiger partial charge >= 0.3 is 5.97 Å². The van der Waals surface area contributed by atoms with Gasteiger partial charge in [0.05, 0.1) is 6.04 Å². The third-order valence-corrected chi connectivity index (χ3v) is 5.77. The highest BCUT2D eigenvalue weighted by Gasteiger charge is 2.37. The second-order valence-corrected chi connectivity index (χ2v) is 7.10. The summed E-state index contributed by atoms with van der Waals surface area (Å²) in [4.78, 5) is 16.1. The van der Waals surface area contributed by atoms with Gasteiger partial charge in [0.1, 0.15) is 6.04 Å². The highest BCUT2D eigenvalue weighted by molar-refractivity contribution is 7.11. The van der Waals surface area contributed by atoms with Crippen LogP contribution < -0.4 is 0 Å². The Morgan fingerprint density at radius 1 is 1.45 bits per heavy atom. The molecular formula is C15H17NO2S2. The molecule has 3 nitrogen and oxygen atoms in total. The van der Waals surface area contributed by atoms with Crippen LogP contribution in [0.1, 0.15) is 34.2 Å². The van der Waals surface area contributed by atoms with Gasteiger partial charge in [-0.15, -0.1) is 22.7 Å². The third-order valence-electron chi connectivity index (χ3n) is 3.74. The van der Waals surface area contributed by atoms with E-state index in [1.54, 1.807) is 22.7 Å². The number of hydrogen-bond donors (Lipinski definition) is 1. The first-order valence-electron chi connectivity index (χ1n) is 6.74. The molecule has 1 fully saturated rings. The molecule has 1 saturated heterocycles. The minimum atomic E-state index is -0.697. The molecule has 106 valence electrons. The molecule has 0 amide bonds. The number of nitrogens with zero attached hydrogens (tertiary/aromatic N) is 1. The van der Waals surface area contributed by atoms with Gasteiger partial charge < -0.3 is 5.11 Å². The molecule has 2 atom stereocenters. The molecule has 0 saturated carbocycles. The van der Waals surface area contributed by atoms with Gasteiger partial charge in [-0.1, -0.05) is 6.07 Å². The van der Waals surface area contributed by atoms with Gasteiger partial charge in [-0.05, 0) is 48.2 Å². The van der Waals surface area contributed by atoms with Crippen LogP contribution in [-0.4, -0.2) is 28.6 Å². The van der Waals surface area contributed by atoms with E-state index in [9.17, 15) is 9.90 Å². The number of aryl methyl sites for hydroxylation is 1. The molecule has 2 aromatic rings. The van der Waals surface area contributed by atoms with Crippen molar-refractivity contribution >= 4 is 28.6 Å². The smallest absolute Gasteiger partial charge is 0.320 e. The summed E-state index contributed by atoms with van der Waals surface area (Å²) in [5.41, 5.74) is 1.25. The number of carboxylic acids is 1. The summed E-state index contributed by atoms with van der Waals surface area (Å²) in [7, 11) is 0. The number of aliphatic carboxylic acids is 1. The first-order valence-corrected chi connectivity index (χ1v) is 8.49. The predicted molar refractivity (Wildman–Crippen MR) is 82.6 cm³/mol. The summed E-state index contributed by atoms with van der Waals surface area (Å²) in [6.07, 6.45) is 1.71. The van der Waals surface area contributed by atoms with E-state index in [0.29, 0.717) is 0 Å². The Hall–Kier alpha value is -1.17. The van der Waals surface area contributed by atoms with Crippen LogP contribution >= 0.6 is 22.7 Å². The number of hydrogen-bond acceptors (Lipinski definition) is 4. The van der Waals surface area contributed by atoms with E-state index in [-0.39, 0.29) is 12.1 Å². The summed E-state index contributed by atoms with van der Waals surface area (Å²) < 4.78 is 0. The minimum absolute atomic E-state index is 0.0947. The quantitative estimate of drug-likeness (QED) is 0.935. The number of likely N-dealkylation sites (tertiary alicyclic amines) is 1. The molecule has 2 aromatic heterocycles. The summed E-state index contributed by atoms with van der Waals surface area (Å²) in [6, 6.07) is 6.08. The van der Waals surface area contributed by atoms with Crippen molar-refractivity contribution in [3.8, 4) is 0 Å². The van der Waals surface area contributed by atoms with Crippen molar-refractivity contribution in [2.75, 3.05) is 6.54 Å². The molecule has 1 aliphatic heterocycles. The predicted octanol–water partition coefficient (Wildman–Crippen LogP) is 3.76. The lowest BCUT2D eigenvalue weighted by Gasteiger charge is -2.29. The average molecular weight is 307 g/mol. The molecule has 2 unspecified atom stereocenters. The van der Waals surface area contributed by atoms with Crippen molar-refractivity contribution in [3.05, 3.63) is 44.3 Å². The molecule has 0 radical (unpaired) electrons. The van der Waals surface area contributed by atoms with Crippen molar-refractivity contribution in [1.29, 1.82) is 0 Å². The number of rotatable bonds is 4. The van der Waals surface area contributed by atoms with Gasteiger partial charge in [-0.3, -0.25) is 9.69 Å². The third kappa shape index (κ3) is 2.53. The van der Waals surface area contributed by atoms with Crippen LogP contribution in [0.2, 0.25) is 0 Å². The van der Waals surface area contributed by atoms with Gasteiger partial charge in [0.25, 0.3) is 0 Å². The molecule has 1 aliphatic rings. The molecule has 5 heteroatoms. The monoisotopic (exact) mass is 307 g/mol. The van der Waals surface area contributed by atoms with Crippen LogP contribution in [0.4, 0.5) is 0 Å². The number of carbonyl (C=O) groups is 1. The highest BCUT2D eigenvalue weighted by atomic mass is 32.1. The molecule has 0 spiro atoms. The van der Waals surface area contributed by atoms with Gasteiger partial charge in [0.2, 0.25) is 0 Å². The maximum Gasteiger partial charge on any atom is 0.320 e. The van der Waals surface area contributed by atoms with E-state index in [4.69, 9.17) is 0 Å². The van der Waals surface area contributed by atoms with Crippen LogP contribution in [0.25, 0.3) is 0 Å². The Morgan fingerprint density at radius 3 is 2.90 bits per heavy atom. The van der Waals surface area contributed by atoms with E-state index < -0.39 is 5.97 Å². The standard InChI is InChI=1S/C15H17NO2S2/c1-10-8-13(20-9-10)14(12-5-3-7-19-12)16-6-2-4-11(16)15(17)18/h3,5,7-9,11,14H,2,4,6H2,1H3,(H,17,18). The molecule has 0 bridgehead atoms. The number of carboxylic acid groups (broad SMARTS) is 1. The van der Waals surface area contributed by atoms with E-state index in [0.717, 1.165) is 19.4 Å². The lowest BCUT2D eigenvalue weighted by Crippen LogP contribution is -2.38. The maximum absolute atomic E-state index is 11.5. The second kappa shape index (κ2) is 5.68. The molecule has 0 aromatic carbocycles. The first-order chi connectivity index (χ1) is 9.66. The van der Waals surface area contributed by atoms with Gasteiger partial charge in [0.15, 0.2) is 0 Å². The van der Waals surface area contributed by atoms with Crippen molar-refractivity contribution in [2.24, 2.45) is 0 Å². The zero-order chi connectivity index (χ0) is 14.1. The molecule has 3 rings (SSSR count).